The number of alkyl carbamates (subject to hydrolysis) is 1. The van der Waals surface area contributed by atoms with Crippen LogP contribution in [0.1, 0.15) is 16.7 Å². The average Bonchev–Trinajstić information content (AvgIpc) is 3.07. The molecule has 0 atom stereocenters. The van der Waals surface area contributed by atoms with Crippen molar-refractivity contribution in [3.05, 3.63) is 71.3 Å². The Morgan fingerprint density at radius 2 is 0.932 bits per heavy atom. The number of amides is 1. The fourth-order valence-corrected chi connectivity index (χ4v) is 3.93. The van der Waals surface area contributed by atoms with Crippen molar-refractivity contribution in [3.63, 3.8) is 0 Å². The molecule has 11 nitrogen and oxygen atoms in total. The molecule has 11 heteroatoms. The van der Waals surface area contributed by atoms with Crippen molar-refractivity contribution in [1.29, 1.82) is 0 Å². The molecule has 3 rings (SSSR count). The molecule has 3 aromatic carbocycles. The minimum Gasteiger partial charge on any atom is -0.493 e. The molecule has 0 aromatic heterocycles. The van der Waals surface area contributed by atoms with E-state index >= 15 is 0 Å². The summed E-state index contributed by atoms with van der Waals surface area (Å²) in [5.74, 6) is 4.46. The number of likely N-dealkylation sites (N-methyl/N-ethyl adjacent to an activating group) is 1. The molecule has 0 saturated heterocycles. The maximum atomic E-state index is 10.8. The van der Waals surface area contributed by atoms with Gasteiger partial charge in [0.2, 0.25) is 0 Å². The Bertz CT molecular complexity index is 1240. The molecule has 1 amide bonds. The molecule has 0 heterocycles. The molecule has 0 fully saturated rings. The van der Waals surface area contributed by atoms with Crippen molar-refractivity contribution < 1.29 is 38.0 Å². The van der Waals surface area contributed by atoms with Crippen LogP contribution in [0, 0.1) is 0 Å². The van der Waals surface area contributed by atoms with Crippen molar-refractivity contribution in [2.45, 2.75) is 19.3 Å². The van der Waals surface area contributed by atoms with Crippen molar-refractivity contribution in [2.24, 2.45) is 5.73 Å². The van der Waals surface area contributed by atoms with Crippen LogP contribution < -0.4 is 44.8 Å². The van der Waals surface area contributed by atoms with E-state index in [0.29, 0.717) is 31.0 Å². The van der Waals surface area contributed by atoms with Crippen LogP contribution >= 0.6 is 0 Å². The molecule has 4 N–H and O–H groups in total. The largest absolute Gasteiger partial charge is 0.493 e. The van der Waals surface area contributed by atoms with E-state index in [4.69, 9.17) is 34.2 Å². The zero-order valence-corrected chi connectivity index (χ0v) is 27.3. The fourth-order valence-electron chi connectivity index (χ4n) is 3.93. The third-order valence-electron chi connectivity index (χ3n) is 6.31. The molecule has 0 aliphatic carbocycles. The maximum Gasteiger partial charge on any atom is 0.406 e. The number of benzene rings is 3. The zero-order valence-electron chi connectivity index (χ0n) is 27.3. The van der Waals surface area contributed by atoms with Gasteiger partial charge in [-0.05, 0) is 92.5 Å². The van der Waals surface area contributed by atoms with Gasteiger partial charge in [-0.25, -0.2) is 4.79 Å². The topological polar surface area (TPSA) is 132 Å². The second-order valence-corrected chi connectivity index (χ2v) is 9.13. The lowest BCUT2D eigenvalue weighted by molar-refractivity contribution is 0.171. The van der Waals surface area contributed by atoms with Crippen molar-refractivity contribution in [3.8, 4) is 34.5 Å². The van der Waals surface area contributed by atoms with Crippen LogP contribution in [-0.2, 0) is 24.0 Å². The van der Waals surface area contributed by atoms with Gasteiger partial charge >= 0.3 is 6.09 Å². The van der Waals surface area contributed by atoms with Crippen LogP contribution in [0.25, 0.3) is 0 Å². The van der Waals surface area contributed by atoms with E-state index in [1.165, 1.54) is 18.2 Å². The van der Waals surface area contributed by atoms with Gasteiger partial charge in [0.1, 0.15) is 0 Å². The molecular weight excluding hydrogens is 566 g/mol. The van der Waals surface area contributed by atoms with Crippen LogP contribution in [-0.4, -0.2) is 82.5 Å². The molecular formula is C33H49N3O8. The number of carbonyl (C=O) groups is 1. The van der Waals surface area contributed by atoms with E-state index < -0.39 is 6.09 Å². The van der Waals surface area contributed by atoms with Gasteiger partial charge in [0.05, 0.1) is 49.8 Å². The molecule has 3 aromatic rings. The summed E-state index contributed by atoms with van der Waals surface area (Å²) in [5.41, 5.74) is 8.92. The predicted molar refractivity (Wildman–Crippen MR) is 173 cm³/mol. The summed E-state index contributed by atoms with van der Waals surface area (Å²) >= 11 is 0. The molecule has 0 bridgehead atoms. The number of methoxy groups -OCH3 is 7. The molecule has 0 radical (unpaired) electrons. The molecule has 0 aliphatic heterocycles. The quantitative estimate of drug-likeness (QED) is 0.242. The Hall–Kier alpha value is -4.35. The number of rotatable bonds is 14. The minimum atomic E-state index is -0.425. The standard InChI is InChI=1S/C12H17NO4.C11H17NO2.C10H15NO2/c1-15-10-5-4-9(8-11(10)16-2)6-7-13-12(14)17-3;1-12-7-6-9-4-5-10(13-2)11(8-9)14-3;1-12-9-4-3-8(5-6-11)7-10(9)13-2/h4-5,8H,6-7H2,1-3H3,(H,13,14);4-5,8,12H,6-7H2,1-3H3;3-4,7H,5-6,11H2,1-2H3. The van der Waals surface area contributed by atoms with E-state index in [9.17, 15) is 4.79 Å². The van der Waals surface area contributed by atoms with Gasteiger partial charge in [0, 0.05) is 6.54 Å². The van der Waals surface area contributed by atoms with E-state index in [0.717, 1.165) is 47.9 Å². The zero-order chi connectivity index (χ0) is 32.7. The molecule has 0 spiro atoms. The average molecular weight is 616 g/mol. The van der Waals surface area contributed by atoms with Crippen LogP contribution in [0.3, 0.4) is 0 Å². The Kier molecular flexibility index (Phi) is 19.0. The number of nitrogens with one attached hydrogen (secondary N) is 2. The predicted octanol–water partition coefficient (Wildman–Crippen LogP) is 4.27. The number of ether oxygens (including phenoxy) is 7. The van der Waals surface area contributed by atoms with Gasteiger partial charge in [-0.2, -0.15) is 0 Å². The third-order valence-corrected chi connectivity index (χ3v) is 6.31. The Morgan fingerprint density at radius 1 is 0.568 bits per heavy atom. The second kappa shape index (κ2) is 22.2. The first kappa shape index (κ1) is 37.7. The number of hydrogen-bond acceptors (Lipinski definition) is 10. The molecule has 44 heavy (non-hydrogen) atoms. The van der Waals surface area contributed by atoms with E-state index in [2.05, 4.69) is 21.4 Å². The summed E-state index contributed by atoms with van der Waals surface area (Å²) in [4.78, 5) is 10.8. The summed E-state index contributed by atoms with van der Waals surface area (Å²) in [5, 5.41) is 5.72. The molecule has 244 valence electrons. The van der Waals surface area contributed by atoms with Crippen LogP contribution in [0.2, 0.25) is 0 Å². The third kappa shape index (κ3) is 13.3. The minimum absolute atomic E-state index is 0.425. The second-order valence-electron chi connectivity index (χ2n) is 9.13. The van der Waals surface area contributed by atoms with Gasteiger partial charge in [-0.15, -0.1) is 0 Å². The molecule has 0 unspecified atom stereocenters. The lowest BCUT2D eigenvalue weighted by Crippen LogP contribution is -2.25. The number of hydrogen-bond donors (Lipinski definition) is 3. The van der Waals surface area contributed by atoms with Crippen LogP contribution in [0.15, 0.2) is 54.6 Å². The fraction of sp³-hybridized carbons (Fsp3) is 0.424. The van der Waals surface area contributed by atoms with E-state index in [-0.39, 0.29) is 0 Å². The summed E-state index contributed by atoms with van der Waals surface area (Å²) in [6.07, 6.45) is 2.14. The smallest absolute Gasteiger partial charge is 0.406 e. The highest BCUT2D eigenvalue weighted by molar-refractivity contribution is 5.66. The molecule has 0 aliphatic rings. The monoisotopic (exact) mass is 615 g/mol. The Balaban J connectivity index is 0.000000333. The molecule has 0 saturated carbocycles. The van der Waals surface area contributed by atoms with E-state index in [1.54, 1.807) is 42.7 Å². The summed E-state index contributed by atoms with van der Waals surface area (Å²) in [7, 11) is 13.0. The highest BCUT2D eigenvalue weighted by Gasteiger charge is 2.06. The normalized spacial score (nSPS) is 9.75. The summed E-state index contributed by atoms with van der Waals surface area (Å²) in [6, 6.07) is 17.5. The van der Waals surface area contributed by atoms with Crippen LogP contribution in [0.4, 0.5) is 4.79 Å². The summed E-state index contributed by atoms with van der Waals surface area (Å²) in [6.45, 7) is 2.13. The first-order chi connectivity index (χ1) is 21.3. The summed E-state index contributed by atoms with van der Waals surface area (Å²) < 4.78 is 35.4. The van der Waals surface area contributed by atoms with Crippen molar-refractivity contribution in [2.75, 3.05) is 76.5 Å². The Labute approximate surface area is 261 Å². The number of carbonyl (C=O) groups excluding carboxylic acids is 1. The van der Waals surface area contributed by atoms with Crippen molar-refractivity contribution in [1.82, 2.24) is 10.6 Å². The van der Waals surface area contributed by atoms with Gasteiger partial charge in [-0.1, -0.05) is 18.2 Å². The maximum absolute atomic E-state index is 10.8. The van der Waals surface area contributed by atoms with Gasteiger partial charge < -0.3 is 49.5 Å². The van der Waals surface area contributed by atoms with Gasteiger partial charge in [0.15, 0.2) is 34.5 Å². The Morgan fingerprint density at radius 3 is 1.25 bits per heavy atom. The lowest BCUT2D eigenvalue weighted by atomic mass is 10.1. The highest BCUT2D eigenvalue weighted by atomic mass is 16.5. The lowest BCUT2D eigenvalue weighted by Gasteiger charge is -2.09. The first-order valence-corrected chi connectivity index (χ1v) is 14.1. The van der Waals surface area contributed by atoms with Gasteiger partial charge in [0.25, 0.3) is 0 Å². The SMILES string of the molecule is CNCCc1ccc(OC)c(OC)c1.COC(=O)NCCc1ccc(OC)c(OC)c1.COc1ccc(CCN)cc1OC. The highest BCUT2D eigenvalue weighted by Crippen LogP contribution is 2.29. The van der Waals surface area contributed by atoms with Gasteiger partial charge in [-0.3, -0.25) is 0 Å². The van der Waals surface area contributed by atoms with Crippen molar-refractivity contribution >= 4 is 6.09 Å². The first-order valence-electron chi connectivity index (χ1n) is 14.1. The number of nitrogens with two attached hydrogens (primary N) is 1. The van der Waals surface area contributed by atoms with E-state index in [1.807, 2.05) is 55.6 Å². The van der Waals surface area contributed by atoms with Crippen LogP contribution in [0.5, 0.6) is 34.5 Å².